The van der Waals surface area contributed by atoms with Gasteiger partial charge in [0.2, 0.25) is 11.8 Å². The molecule has 0 heterocycles. The minimum Gasteiger partial charge on any atom is -0.354 e. The molecule has 0 aromatic rings. The van der Waals surface area contributed by atoms with E-state index in [1.165, 1.54) is 103 Å². The Morgan fingerprint density at radius 1 is 0.545 bits per heavy atom. The second kappa shape index (κ2) is 33.2. The van der Waals surface area contributed by atoms with Crippen LogP contribution in [-0.4, -0.2) is 81.2 Å². The van der Waals surface area contributed by atoms with Crippen LogP contribution in [0.15, 0.2) is 0 Å². The summed E-state index contributed by atoms with van der Waals surface area (Å²) in [7, 11) is 0. The first-order valence-electron chi connectivity index (χ1n) is 18.8. The van der Waals surface area contributed by atoms with E-state index in [-0.39, 0.29) is 23.9 Å². The number of hydrogen-bond acceptors (Lipinski definition) is 6. The molecule has 0 rings (SSSR count). The van der Waals surface area contributed by atoms with Gasteiger partial charge in [-0.2, -0.15) is 0 Å². The van der Waals surface area contributed by atoms with Gasteiger partial charge in [0, 0.05) is 77.3 Å². The number of nitrogens with two attached hydrogens (primary N) is 1. The molecule has 0 radical (unpaired) electrons. The molecule has 262 valence electrons. The minimum absolute atomic E-state index is 0.140. The Morgan fingerprint density at radius 2 is 0.977 bits per heavy atom. The fraction of sp³-hybridized carbons (Fsp3) is 0.944. The third-order valence-corrected chi connectivity index (χ3v) is 8.51. The van der Waals surface area contributed by atoms with Crippen LogP contribution < -0.4 is 27.0 Å². The summed E-state index contributed by atoms with van der Waals surface area (Å²) in [6.45, 7) is 15.0. The summed E-state index contributed by atoms with van der Waals surface area (Å²) in [5.74, 6) is 0.282. The lowest BCUT2D eigenvalue weighted by atomic mass is 10.1. The lowest BCUT2D eigenvalue weighted by Gasteiger charge is -2.22. The van der Waals surface area contributed by atoms with Crippen LogP contribution in [0, 0.1) is 0 Å². The molecule has 0 aromatic heterocycles. The lowest BCUT2D eigenvalue weighted by Crippen LogP contribution is -2.40. The zero-order chi connectivity index (χ0) is 32.5. The molecule has 0 aliphatic carbocycles. The van der Waals surface area contributed by atoms with E-state index in [1.54, 1.807) is 0 Å². The molecule has 0 saturated heterocycles. The summed E-state index contributed by atoms with van der Waals surface area (Å²) in [6.07, 6.45) is 24.3. The number of nitrogens with one attached hydrogen (secondary N) is 4. The Labute approximate surface area is 273 Å². The van der Waals surface area contributed by atoms with Crippen LogP contribution in [0.25, 0.3) is 0 Å². The third kappa shape index (κ3) is 30.8. The summed E-state index contributed by atoms with van der Waals surface area (Å²) < 4.78 is 0. The van der Waals surface area contributed by atoms with Gasteiger partial charge in [0.1, 0.15) is 0 Å². The highest BCUT2D eigenvalue weighted by Crippen LogP contribution is 2.12. The van der Waals surface area contributed by atoms with Crippen LogP contribution in [0.5, 0.6) is 0 Å². The van der Waals surface area contributed by atoms with E-state index in [4.69, 9.17) is 5.73 Å². The fourth-order valence-electron chi connectivity index (χ4n) is 5.65. The number of unbranched alkanes of at least 4 members (excludes halogenated alkanes) is 14. The maximum atomic E-state index is 12.5. The van der Waals surface area contributed by atoms with E-state index in [0.717, 1.165) is 52.1 Å². The van der Waals surface area contributed by atoms with Crippen molar-refractivity contribution in [3.8, 4) is 0 Å². The Hall–Kier alpha value is -1.22. The molecule has 0 fully saturated rings. The van der Waals surface area contributed by atoms with Gasteiger partial charge < -0.3 is 31.9 Å². The molecule has 2 atom stereocenters. The first kappa shape index (κ1) is 42.8. The number of carbonyl (C=O) groups excluding carboxylic acids is 2. The smallest absolute Gasteiger partial charge is 0.221 e. The summed E-state index contributed by atoms with van der Waals surface area (Å²) in [5, 5.41) is 13.2. The molecular formula is C36H76N6O2. The van der Waals surface area contributed by atoms with E-state index in [1.807, 2.05) is 0 Å². The largest absolute Gasteiger partial charge is 0.354 e. The standard InChI is InChI=1S/C36H76N6O2/c1-5-7-9-11-13-15-17-19-21-33(3)40-35(43)23-26-38-27-28-39-29-32-42(31-25-37)30-24-36(44)41-34(4)22-20-18-16-14-12-10-8-6-2/h33-34,38-39H,5-32,37H2,1-4H3,(H,40,43)(H,41,44). The van der Waals surface area contributed by atoms with Gasteiger partial charge in [0.25, 0.3) is 0 Å². The number of nitrogens with zero attached hydrogens (tertiary/aromatic N) is 1. The van der Waals surface area contributed by atoms with Crippen LogP contribution in [0.4, 0.5) is 0 Å². The maximum Gasteiger partial charge on any atom is 0.221 e. The highest BCUT2D eigenvalue weighted by atomic mass is 16.2. The van der Waals surface area contributed by atoms with Crippen molar-refractivity contribution >= 4 is 11.8 Å². The number of amides is 2. The molecule has 2 unspecified atom stereocenters. The molecular weight excluding hydrogens is 548 g/mol. The topological polar surface area (TPSA) is 112 Å². The van der Waals surface area contributed by atoms with E-state index in [0.29, 0.717) is 25.9 Å². The van der Waals surface area contributed by atoms with Gasteiger partial charge in [-0.25, -0.2) is 0 Å². The predicted octanol–water partition coefficient (Wildman–Crippen LogP) is 6.28. The summed E-state index contributed by atoms with van der Waals surface area (Å²) in [5.41, 5.74) is 5.82. The van der Waals surface area contributed by atoms with E-state index in [2.05, 4.69) is 53.9 Å². The second-order valence-electron chi connectivity index (χ2n) is 13.1. The van der Waals surface area contributed by atoms with Gasteiger partial charge in [0.05, 0.1) is 0 Å². The van der Waals surface area contributed by atoms with Crippen molar-refractivity contribution in [3.05, 3.63) is 0 Å². The Balaban J connectivity index is 3.75. The van der Waals surface area contributed by atoms with E-state index < -0.39 is 0 Å². The predicted molar refractivity (Wildman–Crippen MR) is 190 cm³/mol. The maximum absolute atomic E-state index is 12.5. The summed E-state index contributed by atoms with van der Waals surface area (Å²) in [4.78, 5) is 27.0. The Bertz CT molecular complexity index is 636. The minimum atomic E-state index is 0.140. The van der Waals surface area contributed by atoms with Crippen molar-refractivity contribution in [2.75, 3.05) is 52.4 Å². The number of carbonyl (C=O) groups is 2. The Morgan fingerprint density at radius 3 is 1.45 bits per heavy atom. The molecule has 0 saturated carbocycles. The number of hydrogen-bond donors (Lipinski definition) is 5. The van der Waals surface area contributed by atoms with Crippen molar-refractivity contribution in [1.82, 2.24) is 26.2 Å². The summed E-state index contributed by atoms with van der Waals surface area (Å²) in [6, 6.07) is 0.504. The van der Waals surface area contributed by atoms with Crippen LogP contribution >= 0.6 is 0 Å². The van der Waals surface area contributed by atoms with Gasteiger partial charge in [-0.1, -0.05) is 117 Å². The van der Waals surface area contributed by atoms with Gasteiger partial charge >= 0.3 is 0 Å². The van der Waals surface area contributed by atoms with Crippen LogP contribution in [0.2, 0.25) is 0 Å². The molecule has 44 heavy (non-hydrogen) atoms. The average Bonchev–Trinajstić information content (AvgIpc) is 2.99. The molecule has 8 nitrogen and oxygen atoms in total. The highest BCUT2D eigenvalue weighted by Gasteiger charge is 2.11. The van der Waals surface area contributed by atoms with Crippen molar-refractivity contribution < 1.29 is 9.59 Å². The SMILES string of the molecule is CCCCCCCCCCC(C)NC(=O)CCNCCNCCN(CCN)CCC(=O)NC(C)CCCCCCCCCC. The van der Waals surface area contributed by atoms with Gasteiger partial charge in [-0.3, -0.25) is 9.59 Å². The first-order chi connectivity index (χ1) is 21.4. The third-order valence-electron chi connectivity index (χ3n) is 8.51. The zero-order valence-corrected chi connectivity index (χ0v) is 29.8. The fourth-order valence-corrected chi connectivity index (χ4v) is 5.65. The normalized spacial score (nSPS) is 12.9. The quantitative estimate of drug-likeness (QED) is 0.0539. The molecule has 0 aliphatic heterocycles. The van der Waals surface area contributed by atoms with Gasteiger partial charge in [0.15, 0.2) is 0 Å². The highest BCUT2D eigenvalue weighted by molar-refractivity contribution is 5.76. The van der Waals surface area contributed by atoms with Crippen molar-refractivity contribution in [1.29, 1.82) is 0 Å². The van der Waals surface area contributed by atoms with Gasteiger partial charge in [-0.05, 0) is 26.7 Å². The van der Waals surface area contributed by atoms with E-state index >= 15 is 0 Å². The van der Waals surface area contributed by atoms with Crippen LogP contribution in [0.3, 0.4) is 0 Å². The molecule has 0 spiro atoms. The summed E-state index contributed by atoms with van der Waals surface area (Å²) >= 11 is 0. The first-order valence-corrected chi connectivity index (χ1v) is 18.8. The Kier molecular flexibility index (Phi) is 32.2. The molecule has 2 amide bonds. The van der Waals surface area contributed by atoms with Crippen LogP contribution in [-0.2, 0) is 9.59 Å². The van der Waals surface area contributed by atoms with Crippen LogP contribution in [0.1, 0.15) is 156 Å². The lowest BCUT2D eigenvalue weighted by molar-refractivity contribution is -0.122. The van der Waals surface area contributed by atoms with Crippen molar-refractivity contribution in [2.45, 2.75) is 168 Å². The molecule has 0 aliphatic rings. The molecule has 8 heteroatoms. The molecule has 0 bridgehead atoms. The van der Waals surface area contributed by atoms with E-state index in [9.17, 15) is 9.59 Å². The van der Waals surface area contributed by atoms with Crippen molar-refractivity contribution in [3.63, 3.8) is 0 Å². The molecule has 0 aromatic carbocycles. The average molecular weight is 625 g/mol. The number of rotatable bonds is 34. The zero-order valence-electron chi connectivity index (χ0n) is 29.8. The molecule has 6 N–H and O–H groups in total. The van der Waals surface area contributed by atoms with Gasteiger partial charge in [-0.15, -0.1) is 0 Å². The monoisotopic (exact) mass is 625 g/mol. The second-order valence-corrected chi connectivity index (χ2v) is 13.1. The van der Waals surface area contributed by atoms with Crippen molar-refractivity contribution in [2.24, 2.45) is 5.73 Å².